The van der Waals surface area contributed by atoms with Gasteiger partial charge in [0.2, 0.25) is 11.8 Å². The number of unbranched alkanes of at least 4 members (excludes halogenated alkanes) is 2. The highest BCUT2D eigenvalue weighted by molar-refractivity contribution is 5.90. The van der Waals surface area contributed by atoms with Gasteiger partial charge in [-0.2, -0.15) is 0 Å². The van der Waals surface area contributed by atoms with Crippen LogP contribution >= 0.6 is 0 Å². The Morgan fingerprint density at radius 3 is 1.22 bits per heavy atom. The molecule has 0 unspecified atom stereocenters. The van der Waals surface area contributed by atoms with Crippen LogP contribution in [0.15, 0.2) is 0 Å². The monoisotopic (exact) mass is 516 g/mol. The van der Waals surface area contributed by atoms with Gasteiger partial charge >= 0.3 is 23.9 Å². The van der Waals surface area contributed by atoms with Gasteiger partial charge in [-0.3, -0.25) is 28.8 Å². The van der Waals surface area contributed by atoms with Crippen molar-refractivity contribution >= 4 is 35.7 Å². The first-order chi connectivity index (χ1) is 17.1. The quantitative estimate of drug-likeness (QED) is 0.0609. The van der Waals surface area contributed by atoms with Crippen molar-refractivity contribution in [1.29, 1.82) is 0 Å². The summed E-state index contributed by atoms with van der Waals surface area (Å²) in [5.41, 5.74) is 22.2. The van der Waals surface area contributed by atoms with Gasteiger partial charge in [0.15, 0.2) is 0 Å². The summed E-state index contributed by atoms with van der Waals surface area (Å²) in [6.45, 7) is 0.879. The molecule has 0 spiro atoms. The van der Waals surface area contributed by atoms with E-state index in [0.717, 1.165) is 12.8 Å². The molecule has 206 valence electrons. The third-order valence-electron chi connectivity index (χ3n) is 4.86. The Labute approximate surface area is 210 Å². The second-order valence-corrected chi connectivity index (χ2v) is 8.06. The van der Waals surface area contributed by atoms with Gasteiger partial charge in [0.1, 0.15) is 0 Å². The van der Waals surface area contributed by atoms with Gasteiger partial charge < -0.3 is 43.0 Å². The van der Waals surface area contributed by atoms with Crippen LogP contribution in [0.25, 0.3) is 0 Å². The molecule has 10 N–H and O–H groups in total. The summed E-state index contributed by atoms with van der Waals surface area (Å²) >= 11 is 0. The molecule has 0 rings (SSSR count). The van der Waals surface area contributed by atoms with Crippen LogP contribution in [0.4, 0.5) is 0 Å². The third kappa shape index (κ3) is 17.5. The standard InChI is InChI=1S/C22H40N6O8/c23-11-3-1-5-15(25)21(33)27-13-9-19(31)35-17(29)7-8-18(30)36-20(32)10-14-28-22(34)16(26)6-2-4-12-24/h15-16H,1-14,23-26H2,(H,27,33)(H,28,34)/t15-,16-/m0/s1. The number of hydrogen-bond acceptors (Lipinski definition) is 12. The Bertz CT molecular complexity index is 673. The zero-order valence-corrected chi connectivity index (χ0v) is 20.6. The fraction of sp³-hybridized carbons (Fsp3) is 0.727. The molecule has 0 aliphatic rings. The third-order valence-corrected chi connectivity index (χ3v) is 4.86. The summed E-state index contributed by atoms with van der Waals surface area (Å²) in [6.07, 6.45) is 2.34. The minimum atomic E-state index is -0.981. The van der Waals surface area contributed by atoms with E-state index in [4.69, 9.17) is 22.9 Å². The maximum absolute atomic E-state index is 11.8. The summed E-state index contributed by atoms with van der Waals surface area (Å²) in [5.74, 6) is -4.60. The van der Waals surface area contributed by atoms with Crippen molar-refractivity contribution in [2.45, 2.75) is 76.3 Å². The van der Waals surface area contributed by atoms with Crippen LogP contribution in [0, 0.1) is 0 Å². The summed E-state index contributed by atoms with van der Waals surface area (Å²) in [6, 6.07) is -1.44. The normalized spacial score (nSPS) is 12.2. The number of ether oxygens (including phenoxy) is 2. The number of carbonyl (C=O) groups is 6. The Morgan fingerprint density at radius 2 is 0.889 bits per heavy atom. The zero-order chi connectivity index (χ0) is 27.3. The summed E-state index contributed by atoms with van der Waals surface area (Å²) in [5, 5.41) is 4.94. The number of nitrogens with one attached hydrogen (secondary N) is 2. The molecule has 0 aromatic heterocycles. The predicted molar refractivity (Wildman–Crippen MR) is 128 cm³/mol. The number of hydrogen-bond donors (Lipinski definition) is 6. The van der Waals surface area contributed by atoms with E-state index in [0.29, 0.717) is 38.8 Å². The number of carbonyl (C=O) groups excluding carboxylic acids is 6. The van der Waals surface area contributed by atoms with Gasteiger partial charge in [0.25, 0.3) is 0 Å². The lowest BCUT2D eigenvalue weighted by molar-refractivity contribution is -0.165. The second-order valence-electron chi connectivity index (χ2n) is 8.06. The summed E-state index contributed by atoms with van der Waals surface area (Å²) in [4.78, 5) is 70.3. The van der Waals surface area contributed by atoms with Gasteiger partial charge in [-0.05, 0) is 38.8 Å². The highest BCUT2D eigenvalue weighted by Crippen LogP contribution is 2.01. The molecular weight excluding hydrogens is 476 g/mol. The lowest BCUT2D eigenvalue weighted by atomic mass is 10.1. The molecule has 14 nitrogen and oxygen atoms in total. The molecule has 2 atom stereocenters. The molecule has 0 saturated heterocycles. The van der Waals surface area contributed by atoms with E-state index >= 15 is 0 Å². The maximum atomic E-state index is 11.8. The fourth-order valence-corrected chi connectivity index (χ4v) is 2.78. The average Bonchev–Trinajstić information content (AvgIpc) is 2.82. The molecule has 0 aliphatic heterocycles. The van der Waals surface area contributed by atoms with Crippen molar-refractivity contribution < 1.29 is 38.2 Å². The van der Waals surface area contributed by atoms with Gasteiger partial charge in [0.05, 0.1) is 37.8 Å². The van der Waals surface area contributed by atoms with Crippen LogP contribution in [0.3, 0.4) is 0 Å². The highest BCUT2D eigenvalue weighted by atomic mass is 16.6. The van der Waals surface area contributed by atoms with Gasteiger partial charge in [-0.25, -0.2) is 0 Å². The number of esters is 4. The first kappa shape index (κ1) is 33.1. The van der Waals surface area contributed by atoms with E-state index in [1.807, 2.05) is 0 Å². The van der Waals surface area contributed by atoms with Crippen LogP contribution in [0.5, 0.6) is 0 Å². The van der Waals surface area contributed by atoms with Crippen molar-refractivity contribution in [3.05, 3.63) is 0 Å². The largest absolute Gasteiger partial charge is 0.393 e. The Balaban J connectivity index is 3.99. The van der Waals surface area contributed by atoms with E-state index in [9.17, 15) is 28.8 Å². The zero-order valence-electron chi connectivity index (χ0n) is 20.6. The van der Waals surface area contributed by atoms with Crippen molar-refractivity contribution in [2.75, 3.05) is 26.2 Å². The van der Waals surface area contributed by atoms with Crippen molar-refractivity contribution in [1.82, 2.24) is 10.6 Å². The van der Waals surface area contributed by atoms with E-state index < -0.39 is 60.6 Å². The topological polar surface area (TPSA) is 249 Å². The lowest BCUT2D eigenvalue weighted by Crippen LogP contribution is -2.41. The lowest BCUT2D eigenvalue weighted by Gasteiger charge is -2.11. The first-order valence-electron chi connectivity index (χ1n) is 12.0. The Morgan fingerprint density at radius 1 is 0.556 bits per heavy atom. The minimum Gasteiger partial charge on any atom is -0.393 e. The van der Waals surface area contributed by atoms with Crippen molar-refractivity contribution in [3.63, 3.8) is 0 Å². The Kier molecular flexibility index (Phi) is 18.6. The van der Waals surface area contributed by atoms with E-state index in [1.165, 1.54) is 0 Å². The van der Waals surface area contributed by atoms with Gasteiger partial charge in [-0.1, -0.05) is 12.8 Å². The molecule has 2 amide bonds. The number of rotatable bonds is 19. The van der Waals surface area contributed by atoms with E-state index in [2.05, 4.69) is 20.1 Å². The maximum Gasteiger partial charge on any atom is 0.315 e. The van der Waals surface area contributed by atoms with Crippen LogP contribution in [-0.2, 0) is 38.2 Å². The predicted octanol–water partition coefficient (Wildman–Crippen LogP) is -2.17. The van der Waals surface area contributed by atoms with Crippen LogP contribution in [0.1, 0.15) is 64.2 Å². The molecular formula is C22H40N6O8. The smallest absolute Gasteiger partial charge is 0.315 e. The molecule has 0 saturated carbocycles. The number of amides is 2. The molecule has 14 heteroatoms. The van der Waals surface area contributed by atoms with E-state index in [-0.39, 0.29) is 25.9 Å². The highest BCUT2D eigenvalue weighted by Gasteiger charge is 2.18. The minimum absolute atomic E-state index is 0.0682. The number of nitrogens with two attached hydrogens (primary N) is 4. The fourth-order valence-electron chi connectivity index (χ4n) is 2.78. The molecule has 36 heavy (non-hydrogen) atoms. The van der Waals surface area contributed by atoms with Crippen molar-refractivity contribution in [2.24, 2.45) is 22.9 Å². The summed E-state index contributed by atoms with van der Waals surface area (Å²) in [7, 11) is 0. The summed E-state index contributed by atoms with van der Waals surface area (Å²) < 4.78 is 9.09. The molecule has 0 aliphatic carbocycles. The van der Waals surface area contributed by atoms with E-state index in [1.54, 1.807) is 0 Å². The van der Waals surface area contributed by atoms with Gasteiger partial charge in [0, 0.05) is 13.1 Å². The van der Waals surface area contributed by atoms with Gasteiger partial charge in [-0.15, -0.1) is 0 Å². The first-order valence-corrected chi connectivity index (χ1v) is 12.0. The molecule has 0 heterocycles. The molecule has 0 aromatic carbocycles. The molecule has 0 radical (unpaired) electrons. The van der Waals surface area contributed by atoms with Crippen LogP contribution in [0.2, 0.25) is 0 Å². The van der Waals surface area contributed by atoms with Crippen molar-refractivity contribution in [3.8, 4) is 0 Å². The molecule has 0 aromatic rings. The van der Waals surface area contributed by atoms with Crippen LogP contribution < -0.4 is 33.6 Å². The molecule has 0 fully saturated rings. The van der Waals surface area contributed by atoms with Crippen LogP contribution in [-0.4, -0.2) is 74.0 Å². The molecule has 0 bridgehead atoms. The SMILES string of the molecule is NCCCC[C@H](N)C(=O)NCCC(=O)OC(=O)CCC(=O)OC(=O)CCNC(=O)[C@@H](N)CCCCN. The second kappa shape index (κ2) is 20.3. The average molecular weight is 517 g/mol. The Hall–Kier alpha value is -2.94.